The maximum Gasteiger partial charge on any atom is 0.416 e. The van der Waals surface area contributed by atoms with Crippen molar-refractivity contribution in [3.05, 3.63) is 35.4 Å². The van der Waals surface area contributed by atoms with E-state index in [1.165, 1.54) is 12.1 Å². The van der Waals surface area contributed by atoms with Gasteiger partial charge in [0.05, 0.1) is 11.7 Å². The molecule has 1 atom stereocenters. The van der Waals surface area contributed by atoms with Gasteiger partial charge in [0.15, 0.2) is 0 Å². The molecule has 0 radical (unpaired) electrons. The molecule has 1 saturated heterocycles. The molecule has 0 aromatic heterocycles. The summed E-state index contributed by atoms with van der Waals surface area (Å²) in [5, 5.41) is 0. The standard InChI is InChI=1S/C19H27F3N2O2/c1-14(15-3-5-16(6-4-15)19(20,21)22)13-18(25)24-10-7-17(8-11-24)26-12-2-9-23/h3-6,14,17H,2,7-13,23H2,1H3. The van der Waals surface area contributed by atoms with Gasteiger partial charge in [0, 0.05) is 26.1 Å². The minimum atomic E-state index is -4.34. The molecule has 1 unspecified atom stereocenters. The van der Waals surface area contributed by atoms with E-state index >= 15 is 0 Å². The molecule has 0 saturated carbocycles. The van der Waals surface area contributed by atoms with Crippen LogP contribution in [0.1, 0.15) is 49.7 Å². The number of ether oxygens (including phenoxy) is 1. The summed E-state index contributed by atoms with van der Waals surface area (Å²) in [6, 6.07) is 5.05. The van der Waals surface area contributed by atoms with Gasteiger partial charge in [-0.3, -0.25) is 4.79 Å². The SMILES string of the molecule is CC(CC(=O)N1CCC(OCCCN)CC1)c1ccc(C(F)(F)F)cc1. The zero-order valence-electron chi connectivity index (χ0n) is 15.1. The summed E-state index contributed by atoms with van der Waals surface area (Å²) in [6.45, 7) is 4.44. The fourth-order valence-electron chi connectivity index (χ4n) is 3.11. The Morgan fingerprint density at radius 1 is 1.27 bits per heavy atom. The number of amides is 1. The first-order valence-corrected chi connectivity index (χ1v) is 9.08. The first-order valence-electron chi connectivity index (χ1n) is 9.08. The van der Waals surface area contributed by atoms with Crippen LogP contribution in [0.15, 0.2) is 24.3 Å². The summed E-state index contributed by atoms with van der Waals surface area (Å²) in [5.74, 6) is -0.0823. The zero-order chi connectivity index (χ0) is 19.2. The highest BCUT2D eigenvalue weighted by molar-refractivity contribution is 5.77. The van der Waals surface area contributed by atoms with Crippen molar-refractivity contribution >= 4 is 5.91 Å². The van der Waals surface area contributed by atoms with Crippen LogP contribution in [0.25, 0.3) is 0 Å². The van der Waals surface area contributed by atoms with Gasteiger partial charge in [0.2, 0.25) is 5.91 Å². The van der Waals surface area contributed by atoms with Crippen molar-refractivity contribution < 1.29 is 22.7 Å². The van der Waals surface area contributed by atoms with Crippen molar-refractivity contribution in [1.82, 2.24) is 4.90 Å². The third-order valence-electron chi connectivity index (χ3n) is 4.78. The molecule has 0 bridgehead atoms. The van der Waals surface area contributed by atoms with Gasteiger partial charge in [0.1, 0.15) is 0 Å². The molecule has 1 heterocycles. The Hall–Kier alpha value is -1.60. The van der Waals surface area contributed by atoms with Crippen molar-refractivity contribution in [2.24, 2.45) is 5.73 Å². The summed E-state index contributed by atoms with van der Waals surface area (Å²) in [6.07, 6.45) is -1.41. The second kappa shape index (κ2) is 9.37. The average Bonchev–Trinajstić information content (AvgIpc) is 2.62. The lowest BCUT2D eigenvalue weighted by atomic mass is 9.95. The summed E-state index contributed by atoms with van der Waals surface area (Å²) in [4.78, 5) is 14.3. The maximum atomic E-state index is 12.6. The van der Waals surface area contributed by atoms with Crippen molar-refractivity contribution in [3.63, 3.8) is 0 Å². The second-order valence-corrected chi connectivity index (χ2v) is 6.82. The van der Waals surface area contributed by atoms with Crippen LogP contribution >= 0.6 is 0 Å². The third-order valence-corrected chi connectivity index (χ3v) is 4.78. The van der Waals surface area contributed by atoms with Gasteiger partial charge < -0.3 is 15.4 Å². The third kappa shape index (κ3) is 5.99. The fraction of sp³-hybridized carbons (Fsp3) is 0.632. The average molecular weight is 372 g/mol. The number of carbonyl (C=O) groups is 1. The zero-order valence-corrected chi connectivity index (χ0v) is 15.1. The predicted molar refractivity (Wildman–Crippen MR) is 93.7 cm³/mol. The lowest BCUT2D eigenvalue weighted by Crippen LogP contribution is -2.41. The van der Waals surface area contributed by atoms with Gasteiger partial charge in [0.25, 0.3) is 0 Å². The largest absolute Gasteiger partial charge is 0.416 e. The molecule has 1 amide bonds. The van der Waals surface area contributed by atoms with E-state index in [0.717, 1.165) is 37.0 Å². The second-order valence-electron chi connectivity index (χ2n) is 6.82. The van der Waals surface area contributed by atoms with Gasteiger partial charge in [-0.1, -0.05) is 19.1 Å². The molecule has 2 rings (SSSR count). The normalized spacial score (nSPS) is 17.3. The van der Waals surface area contributed by atoms with Crippen molar-refractivity contribution in [2.75, 3.05) is 26.2 Å². The van der Waals surface area contributed by atoms with E-state index in [-0.39, 0.29) is 17.9 Å². The van der Waals surface area contributed by atoms with E-state index in [2.05, 4.69) is 0 Å². The Morgan fingerprint density at radius 3 is 2.42 bits per heavy atom. The molecule has 146 valence electrons. The lowest BCUT2D eigenvalue weighted by Gasteiger charge is -2.32. The molecule has 1 aromatic carbocycles. The van der Waals surface area contributed by atoms with E-state index in [1.54, 1.807) is 0 Å². The van der Waals surface area contributed by atoms with Crippen LogP contribution in [0.3, 0.4) is 0 Å². The molecule has 0 spiro atoms. The fourth-order valence-corrected chi connectivity index (χ4v) is 3.11. The van der Waals surface area contributed by atoms with Crippen LogP contribution in [0.2, 0.25) is 0 Å². The number of alkyl halides is 3. The number of nitrogens with zero attached hydrogens (tertiary/aromatic N) is 1. The van der Waals surface area contributed by atoms with Crippen LogP contribution in [0, 0.1) is 0 Å². The van der Waals surface area contributed by atoms with Crippen LogP contribution in [-0.4, -0.2) is 43.2 Å². The van der Waals surface area contributed by atoms with Crippen LogP contribution in [0.5, 0.6) is 0 Å². The molecule has 2 N–H and O–H groups in total. The molecular weight excluding hydrogens is 345 g/mol. The lowest BCUT2D eigenvalue weighted by molar-refractivity contribution is -0.137. The number of hydrogen-bond donors (Lipinski definition) is 1. The van der Waals surface area contributed by atoms with Crippen molar-refractivity contribution in [2.45, 2.75) is 50.8 Å². The number of piperidine rings is 1. The maximum absolute atomic E-state index is 12.6. The molecular formula is C19H27F3N2O2. The number of hydrogen-bond acceptors (Lipinski definition) is 3. The summed E-state index contributed by atoms with van der Waals surface area (Å²) < 4.78 is 43.6. The van der Waals surface area contributed by atoms with Gasteiger partial charge in [-0.05, 0) is 49.4 Å². The van der Waals surface area contributed by atoms with Gasteiger partial charge >= 0.3 is 6.18 Å². The number of rotatable bonds is 7. The molecule has 1 aliphatic heterocycles. The van der Waals surface area contributed by atoms with E-state index in [0.29, 0.717) is 32.7 Å². The van der Waals surface area contributed by atoms with Crippen molar-refractivity contribution in [3.8, 4) is 0 Å². The van der Waals surface area contributed by atoms with E-state index in [4.69, 9.17) is 10.5 Å². The molecule has 0 aliphatic carbocycles. The molecule has 1 aromatic rings. The van der Waals surface area contributed by atoms with E-state index in [9.17, 15) is 18.0 Å². The van der Waals surface area contributed by atoms with Crippen molar-refractivity contribution in [1.29, 1.82) is 0 Å². The Kier molecular flexibility index (Phi) is 7.46. The molecule has 1 fully saturated rings. The summed E-state index contributed by atoms with van der Waals surface area (Å²) in [7, 11) is 0. The molecule has 7 heteroatoms. The Labute approximate surface area is 152 Å². The highest BCUT2D eigenvalue weighted by Crippen LogP contribution is 2.31. The number of halogens is 3. The quantitative estimate of drug-likeness (QED) is 0.745. The number of carbonyl (C=O) groups excluding carboxylic acids is 1. The topological polar surface area (TPSA) is 55.6 Å². The van der Waals surface area contributed by atoms with E-state index < -0.39 is 11.7 Å². The minimum Gasteiger partial charge on any atom is -0.378 e. The highest BCUT2D eigenvalue weighted by Gasteiger charge is 2.30. The summed E-state index contributed by atoms with van der Waals surface area (Å²) >= 11 is 0. The van der Waals surface area contributed by atoms with Crippen LogP contribution in [0.4, 0.5) is 13.2 Å². The molecule has 26 heavy (non-hydrogen) atoms. The summed E-state index contributed by atoms with van der Waals surface area (Å²) in [5.41, 5.74) is 5.51. The Bertz CT molecular complexity index is 567. The van der Waals surface area contributed by atoms with Gasteiger partial charge in [-0.2, -0.15) is 13.2 Å². The monoisotopic (exact) mass is 372 g/mol. The number of benzene rings is 1. The molecule has 1 aliphatic rings. The van der Waals surface area contributed by atoms with Crippen LogP contribution in [-0.2, 0) is 15.7 Å². The minimum absolute atomic E-state index is 0.0396. The van der Waals surface area contributed by atoms with E-state index in [1.807, 2.05) is 11.8 Å². The number of likely N-dealkylation sites (tertiary alicyclic amines) is 1. The van der Waals surface area contributed by atoms with Gasteiger partial charge in [-0.25, -0.2) is 0 Å². The number of nitrogens with two attached hydrogens (primary N) is 1. The molecule has 4 nitrogen and oxygen atoms in total. The van der Waals surface area contributed by atoms with Crippen LogP contribution < -0.4 is 5.73 Å². The first-order chi connectivity index (χ1) is 12.3. The Morgan fingerprint density at radius 2 is 1.88 bits per heavy atom. The predicted octanol–water partition coefficient (Wildman–Crippen LogP) is 3.56. The smallest absolute Gasteiger partial charge is 0.378 e. The van der Waals surface area contributed by atoms with Gasteiger partial charge in [-0.15, -0.1) is 0 Å². The highest BCUT2D eigenvalue weighted by atomic mass is 19.4. The first kappa shape index (κ1) is 20.7. The Balaban J connectivity index is 1.80.